The van der Waals surface area contributed by atoms with Gasteiger partial charge in [0.1, 0.15) is 10.7 Å². The number of carbonyl (C=O) groups is 1. The van der Waals surface area contributed by atoms with Gasteiger partial charge in [0, 0.05) is 42.8 Å². The predicted molar refractivity (Wildman–Crippen MR) is 94.0 cm³/mol. The third-order valence-electron chi connectivity index (χ3n) is 5.26. The molecule has 7 heteroatoms. The molecule has 2 aliphatic heterocycles. The molecule has 2 atom stereocenters. The van der Waals surface area contributed by atoms with Crippen LogP contribution < -0.4 is 0 Å². The standard InChI is InChI=1S/C17H23N5OS/c1-20-7-3-5-14(20)15-6-4-8-22(15)17(23)13-11-24-16(19-13)12-9-18-21(2)10-12/h9-11,14-15H,3-8H2,1-2H3. The van der Waals surface area contributed by atoms with E-state index in [0.717, 1.165) is 36.5 Å². The molecule has 0 aliphatic carbocycles. The van der Waals surface area contributed by atoms with Crippen molar-refractivity contribution in [2.45, 2.75) is 37.8 Å². The molecule has 1 amide bonds. The molecule has 2 saturated heterocycles. The van der Waals surface area contributed by atoms with Crippen molar-refractivity contribution in [1.82, 2.24) is 24.6 Å². The zero-order valence-corrected chi connectivity index (χ0v) is 15.0. The van der Waals surface area contributed by atoms with Crippen molar-refractivity contribution in [2.24, 2.45) is 7.05 Å². The molecule has 0 N–H and O–H groups in total. The zero-order valence-electron chi connectivity index (χ0n) is 14.2. The summed E-state index contributed by atoms with van der Waals surface area (Å²) in [5.74, 6) is 0.0872. The molecule has 2 aliphatic rings. The summed E-state index contributed by atoms with van der Waals surface area (Å²) in [6.07, 6.45) is 8.36. The van der Waals surface area contributed by atoms with Crippen molar-refractivity contribution in [1.29, 1.82) is 0 Å². The summed E-state index contributed by atoms with van der Waals surface area (Å²) in [5, 5.41) is 6.93. The van der Waals surface area contributed by atoms with Gasteiger partial charge in [0.15, 0.2) is 0 Å². The van der Waals surface area contributed by atoms with Crippen LogP contribution in [-0.2, 0) is 7.05 Å². The summed E-state index contributed by atoms with van der Waals surface area (Å²) in [5.41, 5.74) is 1.54. The van der Waals surface area contributed by atoms with Gasteiger partial charge in [0.2, 0.25) is 0 Å². The Morgan fingerprint density at radius 1 is 1.21 bits per heavy atom. The molecule has 2 unspecified atom stereocenters. The minimum Gasteiger partial charge on any atom is -0.333 e. The van der Waals surface area contributed by atoms with Crippen LogP contribution in [0.3, 0.4) is 0 Å². The van der Waals surface area contributed by atoms with Gasteiger partial charge in [-0.05, 0) is 39.3 Å². The second kappa shape index (κ2) is 6.29. The maximum Gasteiger partial charge on any atom is 0.273 e. The first-order valence-corrected chi connectivity index (χ1v) is 9.47. The molecule has 128 valence electrons. The second-order valence-corrected chi connectivity index (χ2v) is 7.70. The van der Waals surface area contributed by atoms with Gasteiger partial charge in [-0.2, -0.15) is 5.10 Å². The molecule has 0 bridgehead atoms. The predicted octanol–water partition coefficient (Wildman–Crippen LogP) is 2.24. The van der Waals surface area contributed by atoms with Gasteiger partial charge in [0.25, 0.3) is 5.91 Å². The summed E-state index contributed by atoms with van der Waals surface area (Å²) in [7, 11) is 4.07. The van der Waals surface area contributed by atoms with Crippen LogP contribution in [0.25, 0.3) is 10.6 Å². The second-order valence-electron chi connectivity index (χ2n) is 6.84. The fourth-order valence-corrected chi connectivity index (χ4v) is 4.82. The summed E-state index contributed by atoms with van der Waals surface area (Å²) in [6, 6.07) is 0.849. The van der Waals surface area contributed by atoms with Gasteiger partial charge in [-0.1, -0.05) is 0 Å². The van der Waals surface area contributed by atoms with Crippen LogP contribution in [0.4, 0.5) is 0 Å². The Morgan fingerprint density at radius 2 is 2.00 bits per heavy atom. The quantitative estimate of drug-likeness (QED) is 0.856. The fraction of sp³-hybridized carbons (Fsp3) is 0.588. The molecule has 2 aromatic rings. The minimum absolute atomic E-state index is 0.0872. The van der Waals surface area contributed by atoms with Gasteiger partial charge in [-0.3, -0.25) is 9.48 Å². The topological polar surface area (TPSA) is 54.3 Å². The average molecular weight is 345 g/mol. The van der Waals surface area contributed by atoms with E-state index < -0.39 is 0 Å². The van der Waals surface area contributed by atoms with Crippen LogP contribution in [-0.4, -0.2) is 62.7 Å². The van der Waals surface area contributed by atoms with Gasteiger partial charge < -0.3 is 9.80 Å². The van der Waals surface area contributed by atoms with E-state index in [0.29, 0.717) is 17.8 Å². The van der Waals surface area contributed by atoms with Crippen LogP contribution in [0.2, 0.25) is 0 Å². The molecule has 2 fully saturated rings. The van der Waals surface area contributed by atoms with E-state index in [4.69, 9.17) is 0 Å². The van der Waals surface area contributed by atoms with E-state index in [-0.39, 0.29) is 5.91 Å². The lowest BCUT2D eigenvalue weighted by Crippen LogP contribution is -2.47. The molecule has 0 radical (unpaired) electrons. The number of aromatic nitrogens is 3. The molecule has 4 rings (SSSR count). The van der Waals surface area contributed by atoms with Gasteiger partial charge in [-0.15, -0.1) is 11.3 Å². The molecule has 2 aromatic heterocycles. The molecule has 4 heterocycles. The van der Waals surface area contributed by atoms with E-state index in [9.17, 15) is 4.79 Å². The Bertz CT molecular complexity index is 739. The monoisotopic (exact) mass is 345 g/mol. The summed E-state index contributed by atoms with van der Waals surface area (Å²) < 4.78 is 1.75. The first kappa shape index (κ1) is 15.8. The first-order valence-electron chi connectivity index (χ1n) is 8.59. The van der Waals surface area contributed by atoms with Crippen LogP contribution in [0.1, 0.15) is 36.2 Å². The number of hydrogen-bond acceptors (Lipinski definition) is 5. The van der Waals surface area contributed by atoms with Crippen molar-refractivity contribution >= 4 is 17.2 Å². The number of likely N-dealkylation sites (tertiary alicyclic amines) is 2. The fourth-order valence-electron chi connectivity index (χ4n) is 4.05. The molecule has 24 heavy (non-hydrogen) atoms. The lowest BCUT2D eigenvalue weighted by molar-refractivity contribution is 0.0659. The first-order chi connectivity index (χ1) is 11.6. The van der Waals surface area contributed by atoms with E-state index in [2.05, 4.69) is 26.9 Å². The lowest BCUT2D eigenvalue weighted by atomic mass is 10.0. The highest BCUT2D eigenvalue weighted by molar-refractivity contribution is 7.13. The third-order valence-corrected chi connectivity index (χ3v) is 6.15. The highest BCUT2D eigenvalue weighted by Gasteiger charge is 2.39. The van der Waals surface area contributed by atoms with E-state index >= 15 is 0 Å². The Kier molecular flexibility index (Phi) is 4.14. The number of hydrogen-bond donors (Lipinski definition) is 0. The van der Waals surface area contributed by atoms with Gasteiger partial charge in [0.05, 0.1) is 6.20 Å². The molecule has 0 aromatic carbocycles. The molecule has 0 saturated carbocycles. The third kappa shape index (κ3) is 2.75. The number of carbonyl (C=O) groups excluding carboxylic acids is 1. The average Bonchev–Trinajstić information content (AvgIpc) is 3.33. The Labute approximate surface area is 146 Å². The number of aryl methyl sites for hydroxylation is 1. The van der Waals surface area contributed by atoms with E-state index in [1.807, 2.05) is 18.6 Å². The maximum atomic E-state index is 13.0. The molecule has 6 nitrogen and oxygen atoms in total. The number of nitrogens with zero attached hydrogens (tertiary/aromatic N) is 5. The van der Waals surface area contributed by atoms with Crippen LogP contribution in [0.5, 0.6) is 0 Å². The van der Waals surface area contributed by atoms with Crippen LogP contribution in [0.15, 0.2) is 17.8 Å². The van der Waals surface area contributed by atoms with E-state index in [1.54, 1.807) is 10.9 Å². The Morgan fingerprint density at radius 3 is 2.71 bits per heavy atom. The summed E-state index contributed by atoms with van der Waals surface area (Å²) in [4.78, 5) is 22.1. The Hall–Kier alpha value is -1.73. The zero-order chi connectivity index (χ0) is 16.7. The minimum atomic E-state index is 0.0872. The van der Waals surface area contributed by atoms with Crippen molar-refractivity contribution in [2.75, 3.05) is 20.1 Å². The van der Waals surface area contributed by atoms with E-state index in [1.165, 1.54) is 24.2 Å². The SMILES string of the molecule is CN1CCCC1C1CCCN1C(=O)c1csc(-c2cnn(C)c2)n1. The number of likely N-dealkylation sites (N-methyl/N-ethyl adjacent to an activating group) is 1. The highest BCUT2D eigenvalue weighted by Crippen LogP contribution is 2.31. The summed E-state index contributed by atoms with van der Waals surface area (Å²) >= 11 is 1.51. The molecule has 0 spiro atoms. The molecular formula is C17H23N5OS. The highest BCUT2D eigenvalue weighted by atomic mass is 32.1. The normalized spacial score (nSPS) is 24.8. The maximum absolute atomic E-state index is 13.0. The van der Waals surface area contributed by atoms with Crippen LogP contribution in [0, 0.1) is 0 Å². The van der Waals surface area contributed by atoms with Crippen molar-refractivity contribution < 1.29 is 4.79 Å². The lowest BCUT2D eigenvalue weighted by Gasteiger charge is -2.32. The largest absolute Gasteiger partial charge is 0.333 e. The Balaban J connectivity index is 1.54. The number of thiazole rings is 1. The van der Waals surface area contributed by atoms with Gasteiger partial charge in [-0.25, -0.2) is 4.98 Å². The van der Waals surface area contributed by atoms with Crippen molar-refractivity contribution in [3.05, 3.63) is 23.5 Å². The van der Waals surface area contributed by atoms with Gasteiger partial charge >= 0.3 is 0 Å². The summed E-state index contributed by atoms with van der Waals surface area (Å²) in [6.45, 7) is 2.00. The number of rotatable bonds is 3. The smallest absolute Gasteiger partial charge is 0.273 e. The van der Waals surface area contributed by atoms with Crippen molar-refractivity contribution in [3.8, 4) is 10.6 Å². The molecular weight excluding hydrogens is 322 g/mol. The van der Waals surface area contributed by atoms with Crippen LogP contribution >= 0.6 is 11.3 Å². The van der Waals surface area contributed by atoms with Crippen molar-refractivity contribution in [3.63, 3.8) is 0 Å². The number of amides is 1.